The van der Waals surface area contributed by atoms with Gasteiger partial charge in [-0.15, -0.1) is 0 Å². The molecule has 0 aliphatic heterocycles. The number of unbranched alkanes of at least 4 members (excludes halogenated alkanes) is 2. The van der Waals surface area contributed by atoms with Crippen molar-refractivity contribution >= 4 is 10.9 Å². The van der Waals surface area contributed by atoms with Gasteiger partial charge in [-0.2, -0.15) is 0 Å². The van der Waals surface area contributed by atoms with Gasteiger partial charge in [0.2, 0.25) is 0 Å². The first-order chi connectivity index (χ1) is 14.8. The summed E-state index contributed by atoms with van der Waals surface area (Å²) >= 11 is 0. The van der Waals surface area contributed by atoms with Crippen LogP contribution in [0.3, 0.4) is 0 Å². The van der Waals surface area contributed by atoms with Crippen LogP contribution in [0, 0.1) is 0 Å². The molecule has 0 unspecified atom stereocenters. The lowest BCUT2D eigenvalue weighted by atomic mass is 9.93. The average Bonchev–Trinajstić information content (AvgIpc) is 3.16. The first-order valence-corrected chi connectivity index (χ1v) is 11.3. The van der Waals surface area contributed by atoms with E-state index < -0.39 is 0 Å². The maximum absolute atomic E-state index is 5.80. The number of aromatic nitrogens is 1. The van der Waals surface area contributed by atoms with Crippen LogP contribution in [0.4, 0.5) is 0 Å². The molecular formula is C28H32N2. The standard InChI is InChI=1S/C28H32N2/c1-2-3-11-21-17-18-27-26(20-21)25(16-9-10-19-29)28(30-27)24-15-8-7-14-23(24)22-12-5-4-6-13-22/h4-8,12-15,17-18,20,30H,2-3,9-11,16,19,29H2,1H3. The zero-order valence-electron chi connectivity index (χ0n) is 18.0. The van der Waals surface area contributed by atoms with E-state index in [1.807, 2.05) is 0 Å². The smallest absolute Gasteiger partial charge is 0.0503 e. The number of nitrogens with two attached hydrogens (primary N) is 1. The number of benzene rings is 3. The number of fused-ring (bicyclic) bond motifs is 1. The molecule has 0 saturated carbocycles. The quantitative estimate of drug-likeness (QED) is 0.290. The SMILES string of the molecule is CCCCc1ccc2[nH]c(-c3ccccc3-c3ccccc3)c(CCCCN)c2c1. The molecule has 0 aliphatic carbocycles. The summed E-state index contributed by atoms with van der Waals surface area (Å²) in [4.78, 5) is 3.77. The second-order valence-corrected chi connectivity index (χ2v) is 8.12. The summed E-state index contributed by atoms with van der Waals surface area (Å²) in [6.07, 6.45) is 6.83. The number of nitrogens with one attached hydrogen (secondary N) is 1. The fourth-order valence-electron chi connectivity index (χ4n) is 4.34. The number of rotatable bonds is 9. The second-order valence-electron chi connectivity index (χ2n) is 8.12. The number of hydrogen-bond acceptors (Lipinski definition) is 1. The summed E-state index contributed by atoms with van der Waals surface area (Å²) in [6, 6.07) is 26.4. The van der Waals surface area contributed by atoms with Crippen LogP contribution >= 0.6 is 0 Å². The number of hydrogen-bond donors (Lipinski definition) is 2. The summed E-state index contributed by atoms with van der Waals surface area (Å²) in [5.41, 5.74) is 15.0. The van der Waals surface area contributed by atoms with Gasteiger partial charge in [-0.05, 0) is 73.0 Å². The van der Waals surface area contributed by atoms with Crippen molar-refractivity contribution in [1.29, 1.82) is 0 Å². The maximum atomic E-state index is 5.80. The third kappa shape index (κ3) is 4.34. The number of H-pyrrole nitrogens is 1. The van der Waals surface area contributed by atoms with Crippen molar-refractivity contribution < 1.29 is 0 Å². The zero-order valence-corrected chi connectivity index (χ0v) is 18.0. The zero-order chi connectivity index (χ0) is 20.8. The lowest BCUT2D eigenvalue weighted by molar-refractivity contribution is 0.748. The van der Waals surface area contributed by atoms with Crippen molar-refractivity contribution in [2.75, 3.05) is 6.54 Å². The van der Waals surface area contributed by atoms with Crippen molar-refractivity contribution in [1.82, 2.24) is 4.98 Å². The molecule has 4 aromatic rings. The molecule has 0 amide bonds. The van der Waals surface area contributed by atoms with Crippen molar-refractivity contribution in [2.45, 2.75) is 45.4 Å². The van der Waals surface area contributed by atoms with Gasteiger partial charge < -0.3 is 10.7 Å². The molecule has 2 heteroatoms. The van der Waals surface area contributed by atoms with Crippen LogP contribution in [0.1, 0.15) is 43.7 Å². The molecule has 1 aromatic heterocycles. The van der Waals surface area contributed by atoms with Gasteiger partial charge in [-0.3, -0.25) is 0 Å². The van der Waals surface area contributed by atoms with Gasteiger partial charge in [0.1, 0.15) is 0 Å². The lowest BCUT2D eigenvalue weighted by Crippen LogP contribution is -1.99. The minimum atomic E-state index is 0.750. The highest BCUT2D eigenvalue weighted by atomic mass is 14.7. The highest BCUT2D eigenvalue weighted by Gasteiger charge is 2.16. The Hall–Kier alpha value is -2.84. The average molecular weight is 397 g/mol. The van der Waals surface area contributed by atoms with E-state index in [2.05, 4.69) is 84.7 Å². The molecule has 0 radical (unpaired) electrons. The van der Waals surface area contributed by atoms with Crippen LogP contribution in [0.25, 0.3) is 33.3 Å². The van der Waals surface area contributed by atoms with Crippen LogP contribution in [0.5, 0.6) is 0 Å². The molecule has 3 N–H and O–H groups in total. The normalized spacial score (nSPS) is 11.3. The van der Waals surface area contributed by atoms with Gasteiger partial charge in [0, 0.05) is 16.5 Å². The molecule has 0 saturated heterocycles. The third-order valence-corrected chi connectivity index (χ3v) is 5.95. The summed E-state index contributed by atoms with van der Waals surface area (Å²) in [6.45, 7) is 3.01. The molecule has 2 nitrogen and oxygen atoms in total. The molecule has 154 valence electrons. The van der Waals surface area contributed by atoms with E-state index >= 15 is 0 Å². The monoisotopic (exact) mass is 396 g/mol. The Balaban J connectivity index is 1.85. The lowest BCUT2D eigenvalue weighted by Gasteiger charge is -2.11. The Morgan fingerprint density at radius 2 is 1.53 bits per heavy atom. The van der Waals surface area contributed by atoms with Gasteiger partial charge in [0.25, 0.3) is 0 Å². The van der Waals surface area contributed by atoms with E-state index in [4.69, 9.17) is 5.73 Å². The van der Waals surface area contributed by atoms with Crippen molar-refractivity contribution in [3.8, 4) is 22.4 Å². The molecule has 30 heavy (non-hydrogen) atoms. The Bertz CT molecular complexity index is 1090. The predicted octanol–water partition coefficient (Wildman–Crippen LogP) is 7.13. The van der Waals surface area contributed by atoms with E-state index in [0.29, 0.717) is 0 Å². The molecule has 0 bridgehead atoms. The first kappa shape index (κ1) is 20.4. The molecule has 3 aromatic carbocycles. The van der Waals surface area contributed by atoms with E-state index in [1.54, 1.807) is 0 Å². The summed E-state index contributed by atoms with van der Waals surface area (Å²) < 4.78 is 0. The summed E-state index contributed by atoms with van der Waals surface area (Å²) in [5, 5.41) is 1.37. The van der Waals surface area contributed by atoms with Gasteiger partial charge in [0.05, 0.1) is 5.69 Å². The maximum Gasteiger partial charge on any atom is 0.0503 e. The van der Waals surface area contributed by atoms with Crippen molar-refractivity contribution in [3.63, 3.8) is 0 Å². The molecule has 0 fully saturated rings. The van der Waals surface area contributed by atoms with Gasteiger partial charge in [-0.1, -0.05) is 74.0 Å². The molecule has 0 atom stereocenters. The molecule has 1 heterocycles. The van der Waals surface area contributed by atoms with Crippen LogP contribution in [-0.4, -0.2) is 11.5 Å². The van der Waals surface area contributed by atoms with Crippen LogP contribution < -0.4 is 5.73 Å². The second kappa shape index (κ2) is 9.77. The van der Waals surface area contributed by atoms with Crippen molar-refractivity contribution in [3.05, 3.63) is 83.9 Å². The first-order valence-electron chi connectivity index (χ1n) is 11.3. The van der Waals surface area contributed by atoms with Crippen LogP contribution in [0.15, 0.2) is 72.8 Å². The van der Waals surface area contributed by atoms with E-state index in [9.17, 15) is 0 Å². The van der Waals surface area contributed by atoms with Crippen LogP contribution in [-0.2, 0) is 12.8 Å². The minimum Gasteiger partial charge on any atom is -0.354 e. The Labute approximate surface area is 180 Å². The molecule has 0 spiro atoms. The highest BCUT2D eigenvalue weighted by Crippen LogP contribution is 2.37. The van der Waals surface area contributed by atoms with E-state index in [0.717, 1.165) is 32.2 Å². The molecule has 4 rings (SSSR count). The van der Waals surface area contributed by atoms with Gasteiger partial charge >= 0.3 is 0 Å². The topological polar surface area (TPSA) is 41.8 Å². The van der Waals surface area contributed by atoms with Gasteiger partial charge in [-0.25, -0.2) is 0 Å². The summed E-state index contributed by atoms with van der Waals surface area (Å²) in [5.74, 6) is 0. The summed E-state index contributed by atoms with van der Waals surface area (Å²) in [7, 11) is 0. The van der Waals surface area contributed by atoms with E-state index in [-0.39, 0.29) is 0 Å². The largest absolute Gasteiger partial charge is 0.354 e. The Morgan fingerprint density at radius 3 is 2.30 bits per heavy atom. The number of aryl methyl sites for hydroxylation is 2. The number of aromatic amines is 1. The highest BCUT2D eigenvalue weighted by molar-refractivity contribution is 5.94. The van der Waals surface area contributed by atoms with Crippen LogP contribution in [0.2, 0.25) is 0 Å². The Kier molecular flexibility index (Phi) is 6.66. The Morgan fingerprint density at radius 1 is 0.767 bits per heavy atom. The fraction of sp³-hybridized carbons (Fsp3) is 0.286. The fourth-order valence-corrected chi connectivity index (χ4v) is 4.34. The predicted molar refractivity (Wildman–Crippen MR) is 130 cm³/mol. The molecular weight excluding hydrogens is 364 g/mol. The van der Waals surface area contributed by atoms with E-state index in [1.165, 1.54) is 57.3 Å². The minimum absolute atomic E-state index is 0.750. The van der Waals surface area contributed by atoms with Crippen molar-refractivity contribution in [2.24, 2.45) is 5.73 Å². The molecule has 0 aliphatic rings. The third-order valence-electron chi connectivity index (χ3n) is 5.95. The van der Waals surface area contributed by atoms with Gasteiger partial charge in [0.15, 0.2) is 0 Å².